The van der Waals surface area contributed by atoms with Gasteiger partial charge in [-0.25, -0.2) is 0 Å². The van der Waals surface area contributed by atoms with Crippen molar-refractivity contribution in [2.75, 3.05) is 14.2 Å². The summed E-state index contributed by atoms with van der Waals surface area (Å²) in [6.45, 7) is 0. The lowest BCUT2D eigenvalue weighted by atomic mass is 10.1. The van der Waals surface area contributed by atoms with Crippen molar-refractivity contribution in [1.29, 1.82) is 0 Å². The summed E-state index contributed by atoms with van der Waals surface area (Å²) < 4.78 is 9.83. The fourth-order valence-electron chi connectivity index (χ4n) is 1.28. The van der Waals surface area contributed by atoms with E-state index in [2.05, 4.69) is 5.16 Å². The molecule has 1 N–H and O–H groups in total. The fraction of sp³-hybridized carbons (Fsp3) is 0.222. The zero-order chi connectivity index (χ0) is 12.1. The number of ether oxygens (including phenoxy) is 2. The molecule has 0 aliphatic heterocycles. The van der Waals surface area contributed by atoms with Crippen LogP contribution in [0.1, 0.15) is 5.56 Å². The van der Waals surface area contributed by atoms with Crippen molar-refractivity contribution in [3.63, 3.8) is 0 Å². The Labute approximate surface area is 91.0 Å². The molecule has 0 atom stereocenters. The molecule has 0 fully saturated rings. The summed E-state index contributed by atoms with van der Waals surface area (Å²) in [7, 11) is 2.67. The second kappa shape index (κ2) is 4.96. The summed E-state index contributed by atoms with van der Waals surface area (Å²) in [6, 6.07) is 2.89. The minimum absolute atomic E-state index is 0.00935. The Morgan fingerprint density at radius 1 is 1.44 bits per heavy atom. The first-order chi connectivity index (χ1) is 7.65. The van der Waals surface area contributed by atoms with E-state index >= 15 is 0 Å². The van der Waals surface area contributed by atoms with Crippen LogP contribution in [0.15, 0.2) is 17.3 Å². The first kappa shape index (κ1) is 11.8. The number of methoxy groups -OCH3 is 2. The van der Waals surface area contributed by atoms with Gasteiger partial charge < -0.3 is 14.7 Å². The third-order valence-electron chi connectivity index (χ3n) is 1.93. The molecule has 0 unspecified atom stereocenters. The van der Waals surface area contributed by atoms with E-state index in [4.69, 9.17) is 14.7 Å². The molecule has 0 saturated heterocycles. The van der Waals surface area contributed by atoms with Gasteiger partial charge in [-0.3, -0.25) is 10.1 Å². The van der Waals surface area contributed by atoms with Gasteiger partial charge in [0.2, 0.25) is 5.75 Å². The predicted molar refractivity (Wildman–Crippen MR) is 55.6 cm³/mol. The Morgan fingerprint density at radius 3 is 2.56 bits per heavy atom. The highest BCUT2D eigenvalue weighted by atomic mass is 16.6. The summed E-state index contributed by atoms with van der Waals surface area (Å²) in [4.78, 5) is 10.2. The van der Waals surface area contributed by atoms with E-state index < -0.39 is 4.92 Å². The molecule has 0 amide bonds. The van der Waals surface area contributed by atoms with Crippen molar-refractivity contribution < 1.29 is 19.6 Å². The molecule has 0 saturated carbocycles. The van der Waals surface area contributed by atoms with Crippen LogP contribution in [0.4, 0.5) is 5.69 Å². The molecule has 0 heterocycles. The highest BCUT2D eigenvalue weighted by Gasteiger charge is 2.24. The average molecular weight is 226 g/mol. The van der Waals surface area contributed by atoms with E-state index in [-0.39, 0.29) is 22.7 Å². The third-order valence-corrected chi connectivity index (χ3v) is 1.93. The first-order valence-corrected chi connectivity index (χ1v) is 4.22. The van der Waals surface area contributed by atoms with Crippen molar-refractivity contribution in [3.8, 4) is 11.5 Å². The molecule has 1 aromatic rings. The number of benzene rings is 1. The molecule has 1 aromatic carbocycles. The number of hydrogen-bond acceptors (Lipinski definition) is 6. The number of rotatable bonds is 4. The number of oxime groups is 1. The van der Waals surface area contributed by atoms with Crippen molar-refractivity contribution in [1.82, 2.24) is 0 Å². The monoisotopic (exact) mass is 226 g/mol. The lowest BCUT2D eigenvalue weighted by molar-refractivity contribution is -0.386. The lowest BCUT2D eigenvalue weighted by Crippen LogP contribution is -2.00. The molecule has 0 aromatic heterocycles. The molecule has 7 nitrogen and oxygen atoms in total. The van der Waals surface area contributed by atoms with Crippen LogP contribution in [0.25, 0.3) is 0 Å². The van der Waals surface area contributed by atoms with Gasteiger partial charge in [0.15, 0.2) is 5.75 Å². The van der Waals surface area contributed by atoms with Gasteiger partial charge in [-0.1, -0.05) is 5.16 Å². The molecular formula is C9H10N2O5. The van der Waals surface area contributed by atoms with Crippen LogP contribution in [0.3, 0.4) is 0 Å². The van der Waals surface area contributed by atoms with Gasteiger partial charge >= 0.3 is 5.69 Å². The number of nitrogens with zero attached hydrogens (tertiary/aromatic N) is 2. The van der Waals surface area contributed by atoms with Gasteiger partial charge in [0.1, 0.15) is 0 Å². The van der Waals surface area contributed by atoms with Crippen LogP contribution in [0, 0.1) is 10.1 Å². The summed E-state index contributed by atoms with van der Waals surface area (Å²) in [5.74, 6) is 0.231. The van der Waals surface area contributed by atoms with Crippen LogP contribution in [-0.2, 0) is 0 Å². The molecule has 7 heteroatoms. The summed E-state index contributed by atoms with van der Waals surface area (Å²) in [5.41, 5.74) is -0.176. The van der Waals surface area contributed by atoms with E-state index in [0.717, 1.165) is 6.21 Å². The predicted octanol–water partition coefficient (Wildman–Crippen LogP) is 1.42. The maximum Gasteiger partial charge on any atom is 0.323 e. The van der Waals surface area contributed by atoms with Gasteiger partial charge in [-0.05, 0) is 12.1 Å². The highest BCUT2D eigenvalue weighted by molar-refractivity contribution is 5.88. The van der Waals surface area contributed by atoms with E-state index in [9.17, 15) is 10.1 Å². The normalized spacial score (nSPS) is 10.4. The molecular weight excluding hydrogens is 216 g/mol. The van der Waals surface area contributed by atoms with Gasteiger partial charge in [0.25, 0.3) is 0 Å². The Morgan fingerprint density at radius 2 is 2.12 bits per heavy atom. The summed E-state index contributed by atoms with van der Waals surface area (Å²) in [6.07, 6.45) is 0.958. The largest absolute Gasteiger partial charge is 0.493 e. The minimum Gasteiger partial charge on any atom is -0.493 e. The maximum absolute atomic E-state index is 10.9. The van der Waals surface area contributed by atoms with Gasteiger partial charge in [-0.15, -0.1) is 0 Å². The second-order valence-electron chi connectivity index (χ2n) is 2.74. The first-order valence-electron chi connectivity index (χ1n) is 4.22. The van der Waals surface area contributed by atoms with E-state index in [1.807, 2.05) is 0 Å². The van der Waals surface area contributed by atoms with Gasteiger partial charge in [-0.2, -0.15) is 0 Å². The number of hydrogen-bond donors (Lipinski definition) is 1. The highest BCUT2D eigenvalue weighted by Crippen LogP contribution is 2.38. The molecule has 86 valence electrons. The Hall–Kier alpha value is -2.31. The zero-order valence-corrected chi connectivity index (χ0v) is 8.71. The molecule has 0 radical (unpaired) electrons. The summed E-state index contributed by atoms with van der Waals surface area (Å²) in [5, 5.41) is 22.0. The summed E-state index contributed by atoms with van der Waals surface area (Å²) >= 11 is 0. The van der Waals surface area contributed by atoms with Crippen LogP contribution >= 0.6 is 0 Å². The smallest absolute Gasteiger partial charge is 0.323 e. The van der Waals surface area contributed by atoms with E-state index in [0.29, 0.717) is 0 Å². The Kier molecular flexibility index (Phi) is 3.65. The van der Waals surface area contributed by atoms with E-state index in [1.165, 1.54) is 26.4 Å². The standard InChI is InChI=1S/C9H10N2O5/c1-15-7-4-3-6(5-10-12)8(11(13)14)9(7)16-2/h3-5,12H,1-2H3/b10-5-. The topological polar surface area (TPSA) is 94.2 Å². The number of nitro groups is 1. The quantitative estimate of drug-likeness (QED) is 0.362. The van der Waals surface area contributed by atoms with Crippen LogP contribution in [-0.4, -0.2) is 30.6 Å². The SMILES string of the molecule is COc1ccc(/C=N\O)c([N+](=O)[O-])c1OC. The Bertz CT molecular complexity index is 430. The molecule has 0 bridgehead atoms. The fourth-order valence-corrected chi connectivity index (χ4v) is 1.28. The van der Waals surface area contributed by atoms with Crippen molar-refractivity contribution in [2.45, 2.75) is 0 Å². The van der Waals surface area contributed by atoms with Crippen molar-refractivity contribution in [2.24, 2.45) is 5.16 Å². The minimum atomic E-state index is -0.627. The molecule has 0 spiro atoms. The van der Waals surface area contributed by atoms with Crippen LogP contribution in [0.2, 0.25) is 0 Å². The Balaban J connectivity index is 3.50. The zero-order valence-electron chi connectivity index (χ0n) is 8.71. The molecule has 16 heavy (non-hydrogen) atoms. The van der Waals surface area contributed by atoms with Gasteiger partial charge in [0, 0.05) is 0 Å². The van der Waals surface area contributed by atoms with Crippen LogP contribution < -0.4 is 9.47 Å². The van der Waals surface area contributed by atoms with Crippen LogP contribution in [0.5, 0.6) is 11.5 Å². The molecule has 1 rings (SSSR count). The van der Waals surface area contributed by atoms with Gasteiger partial charge in [0.05, 0.1) is 30.9 Å². The molecule has 0 aliphatic rings. The molecule has 0 aliphatic carbocycles. The second-order valence-corrected chi connectivity index (χ2v) is 2.74. The average Bonchev–Trinajstić information content (AvgIpc) is 2.28. The third kappa shape index (κ3) is 2.02. The maximum atomic E-state index is 10.9. The van der Waals surface area contributed by atoms with Crippen molar-refractivity contribution in [3.05, 3.63) is 27.8 Å². The lowest BCUT2D eigenvalue weighted by Gasteiger charge is -2.08. The number of nitro benzene ring substituents is 1. The van der Waals surface area contributed by atoms with E-state index in [1.54, 1.807) is 0 Å². The van der Waals surface area contributed by atoms with Crippen molar-refractivity contribution >= 4 is 11.9 Å².